The van der Waals surface area contributed by atoms with Crippen LogP contribution < -0.4 is 5.56 Å². The van der Waals surface area contributed by atoms with Crippen LogP contribution in [-0.4, -0.2) is 43.3 Å². The summed E-state index contributed by atoms with van der Waals surface area (Å²) < 4.78 is 3.19. The molecule has 2 aromatic heterocycles. The molecular formula is C17H19N5O2. The lowest BCUT2D eigenvalue weighted by atomic mass is 10.1. The zero-order chi connectivity index (χ0) is 16.7. The van der Waals surface area contributed by atoms with Crippen molar-refractivity contribution in [1.29, 1.82) is 0 Å². The minimum Gasteiger partial charge on any atom is -0.337 e. The second-order valence-electron chi connectivity index (χ2n) is 6.09. The maximum absolute atomic E-state index is 12.9. The van der Waals surface area contributed by atoms with Gasteiger partial charge in [0.25, 0.3) is 11.5 Å². The van der Waals surface area contributed by atoms with Crippen LogP contribution in [0, 0.1) is 0 Å². The smallest absolute Gasteiger partial charge is 0.278 e. The summed E-state index contributed by atoms with van der Waals surface area (Å²) in [6, 6.07) is 7.28. The van der Waals surface area contributed by atoms with Gasteiger partial charge in [0, 0.05) is 19.6 Å². The molecule has 0 radical (unpaired) electrons. The topological polar surface area (TPSA) is 72.5 Å². The molecule has 1 aromatic carbocycles. The van der Waals surface area contributed by atoms with Gasteiger partial charge in [-0.05, 0) is 38.3 Å². The molecule has 7 heteroatoms. The monoisotopic (exact) mass is 325 g/mol. The second-order valence-corrected chi connectivity index (χ2v) is 6.09. The Labute approximate surface area is 138 Å². The van der Waals surface area contributed by atoms with Gasteiger partial charge in [-0.3, -0.25) is 14.2 Å². The first-order chi connectivity index (χ1) is 11.7. The molecule has 4 rings (SSSR count). The lowest BCUT2D eigenvalue weighted by Crippen LogP contribution is -2.36. The van der Waals surface area contributed by atoms with E-state index in [1.807, 2.05) is 30.0 Å². The molecule has 0 saturated carbocycles. The Morgan fingerprint density at radius 3 is 2.67 bits per heavy atom. The van der Waals surface area contributed by atoms with Gasteiger partial charge in [-0.2, -0.15) is 4.52 Å². The van der Waals surface area contributed by atoms with Gasteiger partial charge in [0.1, 0.15) is 0 Å². The molecule has 124 valence electrons. The number of aromatic nitrogens is 4. The Morgan fingerprint density at radius 2 is 1.92 bits per heavy atom. The third-order valence-corrected chi connectivity index (χ3v) is 4.67. The Kier molecular flexibility index (Phi) is 3.55. The molecule has 1 fully saturated rings. The van der Waals surface area contributed by atoms with Crippen LogP contribution >= 0.6 is 0 Å². The molecule has 1 aliphatic heterocycles. The molecule has 0 atom stereocenters. The molecule has 0 bridgehead atoms. The van der Waals surface area contributed by atoms with Crippen LogP contribution in [0.3, 0.4) is 0 Å². The van der Waals surface area contributed by atoms with E-state index in [4.69, 9.17) is 0 Å². The highest BCUT2D eigenvalue weighted by Gasteiger charge is 2.26. The summed E-state index contributed by atoms with van der Waals surface area (Å²) in [4.78, 5) is 27.5. The molecule has 1 aliphatic rings. The number of rotatable bonds is 2. The van der Waals surface area contributed by atoms with E-state index in [-0.39, 0.29) is 17.2 Å². The van der Waals surface area contributed by atoms with E-state index in [1.54, 1.807) is 15.1 Å². The highest BCUT2D eigenvalue weighted by atomic mass is 16.2. The lowest BCUT2D eigenvalue weighted by Gasteiger charge is -2.25. The van der Waals surface area contributed by atoms with Gasteiger partial charge in [0.2, 0.25) is 0 Å². The van der Waals surface area contributed by atoms with Crippen LogP contribution in [0.2, 0.25) is 0 Å². The second kappa shape index (κ2) is 5.74. The number of benzene rings is 1. The van der Waals surface area contributed by atoms with Gasteiger partial charge in [0.15, 0.2) is 11.3 Å². The molecular weight excluding hydrogens is 306 g/mol. The van der Waals surface area contributed by atoms with E-state index in [1.165, 1.54) is 0 Å². The number of aryl methyl sites for hydroxylation is 1. The minimum atomic E-state index is -0.137. The van der Waals surface area contributed by atoms with Gasteiger partial charge >= 0.3 is 0 Å². The third kappa shape index (κ3) is 2.11. The first-order valence-electron chi connectivity index (χ1n) is 8.38. The van der Waals surface area contributed by atoms with Crippen molar-refractivity contribution in [3.05, 3.63) is 40.3 Å². The maximum Gasteiger partial charge on any atom is 0.278 e. The number of hydrogen-bond donors (Lipinski definition) is 0. The fourth-order valence-corrected chi connectivity index (χ4v) is 3.44. The predicted octanol–water partition coefficient (Wildman–Crippen LogP) is 1.69. The lowest BCUT2D eigenvalue weighted by molar-refractivity contribution is 0.0720. The van der Waals surface area contributed by atoms with E-state index < -0.39 is 0 Å². The zero-order valence-corrected chi connectivity index (χ0v) is 13.6. The Balaban J connectivity index is 1.98. The molecule has 24 heavy (non-hydrogen) atoms. The molecule has 0 unspecified atom stereocenters. The van der Waals surface area contributed by atoms with Crippen molar-refractivity contribution in [2.45, 2.75) is 32.7 Å². The largest absolute Gasteiger partial charge is 0.337 e. The summed E-state index contributed by atoms with van der Waals surface area (Å²) in [5.74, 6) is -0.137. The number of para-hydroxylation sites is 1. The highest BCUT2D eigenvalue weighted by Crippen LogP contribution is 2.18. The van der Waals surface area contributed by atoms with E-state index in [0.29, 0.717) is 23.1 Å². The van der Waals surface area contributed by atoms with Crippen molar-refractivity contribution in [1.82, 2.24) is 24.3 Å². The van der Waals surface area contributed by atoms with E-state index in [0.717, 1.165) is 32.4 Å². The molecule has 7 nitrogen and oxygen atoms in total. The van der Waals surface area contributed by atoms with E-state index in [2.05, 4.69) is 10.3 Å². The molecule has 0 N–H and O–H groups in total. The van der Waals surface area contributed by atoms with E-state index in [9.17, 15) is 9.59 Å². The van der Waals surface area contributed by atoms with Gasteiger partial charge in [-0.25, -0.2) is 0 Å². The van der Waals surface area contributed by atoms with Crippen molar-refractivity contribution >= 4 is 22.5 Å². The summed E-state index contributed by atoms with van der Waals surface area (Å²) in [7, 11) is 0. The summed E-state index contributed by atoms with van der Waals surface area (Å²) in [5, 5.41) is 8.88. The van der Waals surface area contributed by atoms with Crippen LogP contribution in [-0.2, 0) is 6.54 Å². The summed E-state index contributed by atoms with van der Waals surface area (Å²) >= 11 is 0. The number of carbonyl (C=O) groups is 1. The maximum atomic E-state index is 12.9. The van der Waals surface area contributed by atoms with Gasteiger partial charge in [-0.1, -0.05) is 17.3 Å². The zero-order valence-electron chi connectivity index (χ0n) is 13.6. The first-order valence-corrected chi connectivity index (χ1v) is 8.38. The van der Waals surface area contributed by atoms with Crippen LogP contribution in [0.15, 0.2) is 29.1 Å². The average molecular weight is 325 g/mol. The predicted molar refractivity (Wildman–Crippen MR) is 90.2 cm³/mol. The van der Waals surface area contributed by atoms with Crippen LogP contribution in [0.25, 0.3) is 16.6 Å². The Morgan fingerprint density at radius 1 is 1.17 bits per heavy atom. The number of amides is 1. The van der Waals surface area contributed by atoms with Crippen molar-refractivity contribution < 1.29 is 4.79 Å². The standard InChI is InChI=1S/C17H19N5O2/c1-2-21-15-14(17(24)20-10-6-3-7-11-20)18-19-22(15)13-9-5-4-8-12(13)16(21)23/h4-5,8-9H,2-3,6-7,10-11H2,1H3. The normalized spacial score (nSPS) is 15.3. The van der Waals surface area contributed by atoms with Gasteiger partial charge in [-0.15, -0.1) is 5.10 Å². The highest BCUT2D eigenvalue weighted by molar-refractivity contribution is 5.99. The third-order valence-electron chi connectivity index (χ3n) is 4.67. The Bertz CT molecular complexity index is 982. The number of nitrogens with zero attached hydrogens (tertiary/aromatic N) is 5. The summed E-state index contributed by atoms with van der Waals surface area (Å²) in [6.45, 7) is 3.82. The van der Waals surface area contributed by atoms with E-state index >= 15 is 0 Å². The van der Waals surface area contributed by atoms with Crippen molar-refractivity contribution in [3.63, 3.8) is 0 Å². The fraction of sp³-hybridized carbons (Fsp3) is 0.412. The molecule has 0 aliphatic carbocycles. The quantitative estimate of drug-likeness (QED) is 0.719. The average Bonchev–Trinajstić information content (AvgIpc) is 3.07. The van der Waals surface area contributed by atoms with Crippen molar-refractivity contribution in [2.75, 3.05) is 13.1 Å². The number of hydrogen-bond acceptors (Lipinski definition) is 4. The van der Waals surface area contributed by atoms with Crippen LogP contribution in [0.5, 0.6) is 0 Å². The van der Waals surface area contributed by atoms with Gasteiger partial charge in [0.05, 0.1) is 10.9 Å². The van der Waals surface area contributed by atoms with Crippen molar-refractivity contribution in [3.8, 4) is 0 Å². The summed E-state index contributed by atoms with van der Waals surface area (Å²) in [5.41, 5.74) is 1.31. The first kappa shape index (κ1) is 14.9. The molecule has 1 amide bonds. The summed E-state index contributed by atoms with van der Waals surface area (Å²) in [6.07, 6.45) is 3.17. The molecule has 1 saturated heterocycles. The number of fused-ring (bicyclic) bond motifs is 3. The molecule has 3 aromatic rings. The van der Waals surface area contributed by atoms with Crippen LogP contribution in [0.4, 0.5) is 0 Å². The minimum absolute atomic E-state index is 0.115. The fourth-order valence-electron chi connectivity index (χ4n) is 3.44. The molecule has 0 spiro atoms. The Hall–Kier alpha value is -2.70. The number of carbonyl (C=O) groups excluding carboxylic acids is 1. The SMILES string of the molecule is CCn1c(=O)c2ccccc2n2nnc(C(=O)N3CCCCC3)c12. The van der Waals surface area contributed by atoms with Crippen LogP contribution in [0.1, 0.15) is 36.7 Å². The number of piperidine rings is 1. The molecule has 3 heterocycles. The van der Waals surface area contributed by atoms with Crippen molar-refractivity contribution in [2.24, 2.45) is 0 Å². The van der Waals surface area contributed by atoms with Gasteiger partial charge < -0.3 is 4.90 Å². The number of likely N-dealkylation sites (tertiary alicyclic amines) is 1.